The molecule has 5 rings (SSSR count). The molecule has 39 heavy (non-hydrogen) atoms. The molecule has 5 aromatic rings. The van der Waals surface area contributed by atoms with E-state index in [0.717, 1.165) is 21.3 Å². The molecule has 1 unspecified atom stereocenters. The van der Waals surface area contributed by atoms with Gasteiger partial charge in [0.1, 0.15) is 15.4 Å². The van der Waals surface area contributed by atoms with Crippen molar-refractivity contribution >= 4 is 37.7 Å². The van der Waals surface area contributed by atoms with Crippen molar-refractivity contribution < 1.29 is 4.79 Å². The van der Waals surface area contributed by atoms with Crippen LogP contribution in [-0.4, -0.2) is 38.4 Å². The molecule has 0 fully saturated rings. The van der Waals surface area contributed by atoms with Crippen LogP contribution in [0.5, 0.6) is 0 Å². The number of hydrogen-bond acceptors (Lipinski definition) is 6. The highest BCUT2D eigenvalue weighted by Crippen LogP contribution is 2.34. The number of aryl methyl sites for hydroxylation is 1. The second-order valence-electron chi connectivity index (χ2n) is 10.2. The smallest absolute Gasteiger partial charge is 0.271 e. The van der Waals surface area contributed by atoms with E-state index < -0.39 is 6.04 Å². The topological polar surface area (TPSA) is 94.1 Å². The molecule has 0 saturated heterocycles. The molecule has 0 saturated carbocycles. The van der Waals surface area contributed by atoms with E-state index in [4.69, 9.17) is 10.7 Å². The van der Waals surface area contributed by atoms with Gasteiger partial charge in [0, 0.05) is 23.7 Å². The van der Waals surface area contributed by atoms with E-state index in [0.29, 0.717) is 47.7 Å². The van der Waals surface area contributed by atoms with E-state index in [-0.39, 0.29) is 17.4 Å². The Morgan fingerprint density at radius 2 is 1.79 bits per heavy atom. The van der Waals surface area contributed by atoms with Crippen molar-refractivity contribution in [3.63, 3.8) is 0 Å². The maximum atomic E-state index is 14.1. The Kier molecular flexibility index (Phi) is 7.86. The van der Waals surface area contributed by atoms with E-state index in [2.05, 4.69) is 18.8 Å². The van der Waals surface area contributed by atoms with Crippen LogP contribution >= 0.6 is 11.3 Å². The zero-order valence-corrected chi connectivity index (χ0v) is 23.3. The molecule has 0 aliphatic carbocycles. The molecule has 1 amide bonds. The Labute approximate surface area is 231 Å². The number of fused-ring (bicyclic) bond motifs is 3. The first-order chi connectivity index (χ1) is 18.9. The van der Waals surface area contributed by atoms with E-state index >= 15 is 0 Å². The third-order valence-corrected chi connectivity index (χ3v) is 8.05. The molecule has 3 aromatic heterocycles. The molecule has 7 nitrogen and oxygen atoms in total. The van der Waals surface area contributed by atoms with Gasteiger partial charge in [-0.15, -0.1) is 11.3 Å². The SMILES string of the molecule is Cc1ccc(C(=O)N(CCCN)C(c2nc3c(sc4ncccc43)c(=O)n2Cc2ccccc2)C(C)C)cc1. The lowest BCUT2D eigenvalue weighted by Gasteiger charge is -2.35. The molecule has 2 N–H and O–H groups in total. The number of pyridine rings is 1. The third-order valence-electron chi connectivity index (χ3n) is 6.96. The fourth-order valence-electron chi connectivity index (χ4n) is 5.01. The highest BCUT2D eigenvalue weighted by atomic mass is 32.1. The zero-order chi connectivity index (χ0) is 27.5. The molecule has 200 valence electrons. The summed E-state index contributed by atoms with van der Waals surface area (Å²) in [5.74, 6) is 0.457. The van der Waals surface area contributed by atoms with Crippen LogP contribution in [0.3, 0.4) is 0 Å². The summed E-state index contributed by atoms with van der Waals surface area (Å²) in [5, 5.41) is 0.851. The lowest BCUT2D eigenvalue weighted by atomic mass is 9.98. The maximum absolute atomic E-state index is 14.1. The molecule has 2 aromatic carbocycles. The Bertz CT molecular complexity index is 1660. The van der Waals surface area contributed by atoms with Crippen LogP contribution in [0.25, 0.3) is 20.4 Å². The van der Waals surface area contributed by atoms with Crippen molar-refractivity contribution in [1.29, 1.82) is 0 Å². The minimum atomic E-state index is -0.446. The standard InChI is InChI=1S/C31H33N5O2S/c1-20(2)26(35(18-8-16-32)30(37)23-14-12-21(3)13-15-23)28-34-25-24-11-7-17-33-29(24)39-27(25)31(38)36(28)19-22-9-5-4-6-10-22/h4-7,9-15,17,20,26H,8,16,18-19,32H2,1-3H3. The van der Waals surface area contributed by atoms with Crippen molar-refractivity contribution in [2.75, 3.05) is 13.1 Å². The monoisotopic (exact) mass is 539 g/mol. The normalized spacial score (nSPS) is 12.3. The number of nitrogens with two attached hydrogens (primary N) is 1. The molecule has 1 atom stereocenters. The zero-order valence-electron chi connectivity index (χ0n) is 22.5. The predicted molar refractivity (Wildman–Crippen MR) is 158 cm³/mol. The summed E-state index contributed by atoms with van der Waals surface area (Å²) in [7, 11) is 0. The molecule has 0 spiro atoms. The van der Waals surface area contributed by atoms with Crippen LogP contribution in [0, 0.1) is 12.8 Å². The molecule has 3 heterocycles. The minimum absolute atomic E-state index is 0.0217. The number of rotatable bonds is 9. The molecule has 0 bridgehead atoms. The quantitative estimate of drug-likeness (QED) is 0.265. The van der Waals surface area contributed by atoms with Crippen molar-refractivity contribution in [3.05, 3.63) is 106 Å². The number of benzene rings is 2. The van der Waals surface area contributed by atoms with E-state index in [9.17, 15) is 9.59 Å². The highest BCUT2D eigenvalue weighted by molar-refractivity contribution is 7.25. The third kappa shape index (κ3) is 5.35. The van der Waals surface area contributed by atoms with Crippen LogP contribution < -0.4 is 11.3 Å². The van der Waals surface area contributed by atoms with Gasteiger partial charge < -0.3 is 10.6 Å². The van der Waals surface area contributed by atoms with Crippen LogP contribution in [0.15, 0.2) is 77.7 Å². The van der Waals surface area contributed by atoms with Gasteiger partial charge in [-0.3, -0.25) is 14.2 Å². The maximum Gasteiger partial charge on any atom is 0.271 e. The Balaban J connectivity index is 1.74. The molecular weight excluding hydrogens is 506 g/mol. The summed E-state index contributed by atoms with van der Waals surface area (Å²) < 4.78 is 2.32. The summed E-state index contributed by atoms with van der Waals surface area (Å²) in [4.78, 5) is 40.5. The van der Waals surface area contributed by atoms with E-state index in [1.165, 1.54) is 11.3 Å². The van der Waals surface area contributed by atoms with Crippen molar-refractivity contribution in [2.45, 2.75) is 39.8 Å². The number of carbonyl (C=O) groups excluding carboxylic acids is 1. The summed E-state index contributed by atoms with van der Waals surface area (Å²) in [5.41, 5.74) is 9.11. The lowest BCUT2D eigenvalue weighted by molar-refractivity contribution is 0.0603. The number of nitrogens with zero attached hydrogens (tertiary/aromatic N) is 4. The minimum Gasteiger partial charge on any atom is -0.330 e. The Morgan fingerprint density at radius 1 is 1.05 bits per heavy atom. The van der Waals surface area contributed by atoms with Crippen LogP contribution in [0.4, 0.5) is 0 Å². The van der Waals surface area contributed by atoms with E-state index in [1.807, 2.05) is 78.6 Å². The van der Waals surface area contributed by atoms with Gasteiger partial charge >= 0.3 is 0 Å². The summed E-state index contributed by atoms with van der Waals surface area (Å²) in [6.45, 7) is 7.40. The number of hydrogen-bond donors (Lipinski definition) is 1. The fraction of sp³-hybridized carbons (Fsp3) is 0.290. The first kappa shape index (κ1) is 26.7. The average Bonchev–Trinajstić information content (AvgIpc) is 3.32. The second-order valence-corrected chi connectivity index (χ2v) is 11.2. The number of aromatic nitrogens is 3. The summed E-state index contributed by atoms with van der Waals surface area (Å²) in [6, 6.07) is 20.8. The number of carbonyl (C=O) groups is 1. The van der Waals surface area contributed by atoms with Gasteiger partial charge in [0.15, 0.2) is 0 Å². The number of thiophene rings is 1. The van der Waals surface area contributed by atoms with Gasteiger partial charge in [0.05, 0.1) is 18.1 Å². The summed E-state index contributed by atoms with van der Waals surface area (Å²) >= 11 is 1.36. The van der Waals surface area contributed by atoms with Gasteiger partial charge in [0.2, 0.25) is 0 Å². The first-order valence-electron chi connectivity index (χ1n) is 13.3. The molecule has 0 aliphatic rings. The largest absolute Gasteiger partial charge is 0.330 e. The molecular formula is C31H33N5O2S. The second kappa shape index (κ2) is 11.5. The van der Waals surface area contributed by atoms with Crippen molar-refractivity contribution in [1.82, 2.24) is 19.4 Å². The Hall–Kier alpha value is -3.88. The van der Waals surface area contributed by atoms with Crippen molar-refractivity contribution in [3.8, 4) is 0 Å². The van der Waals surface area contributed by atoms with E-state index in [1.54, 1.807) is 10.8 Å². The van der Waals surface area contributed by atoms with Crippen LogP contribution in [0.2, 0.25) is 0 Å². The Morgan fingerprint density at radius 3 is 2.49 bits per heavy atom. The predicted octanol–water partition coefficient (Wildman–Crippen LogP) is 5.55. The highest BCUT2D eigenvalue weighted by Gasteiger charge is 2.33. The lowest BCUT2D eigenvalue weighted by Crippen LogP contribution is -2.42. The molecule has 0 radical (unpaired) electrons. The van der Waals surface area contributed by atoms with Gasteiger partial charge in [-0.25, -0.2) is 9.97 Å². The fourth-order valence-corrected chi connectivity index (χ4v) is 6.04. The molecule has 8 heteroatoms. The molecule has 0 aliphatic heterocycles. The first-order valence-corrected chi connectivity index (χ1v) is 14.1. The van der Waals surface area contributed by atoms with Gasteiger partial charge in [-0.2, -0.15) is 0 Å². The number of amides is 1. The van der Waals surface area contributed by atoms with Crippen LogP contribution in [0.1, 0.15) is 53.6 Å². The van der Waals surface area contributed by atoms with Crippen molar-refractivity contribution in [2.24, 2.45) is 11.7 Å². The van der Waals surface area contributed by atoms with Gasteiger partial charge in [0.25, 0.3) is 11.5 Å². The van der Waals surface area contributed by atoms with Gasteiger partial charge in [-0.05, 0) is 55.6 Å². The summed E-state index contributed by atoms with van der Waals surface area (Å²) in [6.07, 6.45) is 2.37. The average molecular weight is 540 g/mol. The van der Waals surface area contributed by atoms with Crippen LogP contribution in [-0.2, 0) is 6.54 Å². The van der Waals surface area contributed by atoms with Gasteiger partial charge in [-0.1, -0.05) is 61.9 Å².